The molecule has 0 aromatic heterocycles. The molecule has 0 bridgehead atoms. The summed E-state index contributed by atoms with van der Waals surface area (Å²) in [6.07, 6.45) is 86.0. The maximum Gasteiger partial charge on any atom is 0.306 e. The van der Waals surface area contributed by atoms with Gasteiger partial charge in [0.05, 0.1) is 0 Å². The summed E-state index contributed by atoms with van der Waals surface area (Å²) >= 11 is 0. The number of hydrogen-bond acceptors (Lipinski definition) is 6. The van der Waals surface area contributed by atoms with Crippen LogP contribution in [0.5, 0.6) is 0 Å². The Morgan fingerprint density at radius 1 is 0.296 bits per heavy atom. The van der Waals surface area contributed by atoms with Crippen LogP contribution in [0.4, 0.5) is 0 Å². The van der Waals surface area contributed by atoms with Gasteiger partial charge in [-0.3, -0.25) is 14.4 Å². The van der Waals surface area contributed by atoms with E-state index in [1.807, 2.05) is 36.5 Å². The van der Waals surface area contributed by atoms with Crippen LogP contribution in [0.2, 0.25) is 0 Å². The molecule has 0 aromatic carbocycles. The quantitative estimate of drug-likeness (QED) is 0.0199. The van der Waals surface area contributed by atoms with Crippen molar-refractivity contribution in [1.29, 1.82) is 0 Å². The van der Waals surface area contributed by atoms with E-state index in [0.717, 1.165) is 135 Å². The van der Waals surface area contributed by atoms with Crippen molar-refractivity contribution in [2.75, 3.05) is 13.2 Å². The summed E-state index contributed by atoms with van der Waals surface area (Å²) < 4.78 is 16.7. The fourth-order valence-corrected chi connectivity index (χ4v) is 6.50. The molecule has 0 rings (SSSR count). The largest absolute Gasteiger partial charge is 0.462 e. The molecule has 0 fully saturated rings. The van der Waals surface area contributed by atoms with Crippen LogP contribution in [0.1, 0.15) is 188 Å². The summed E-state index contributed by atoms with van der Waals surface area (Å²) in [5.74, 6) is -1.09. The molecule has 1 unspecified atom stereocenters. The van der Waals surface area contributed by atoms with E-state index in [-0.39, 0.29) is 44.0 Å². The van der Waals surface area contributed by atoms with E-state index in [0.29, 0.717) is 19.3 Å². The summed E-state index contributed by atoms with van der Waals surface area (Å²) in [7, 11) is 0. The second kappa shape index (κ2) is 57.1. The van der Waals surface area contributed by atoms with Crippen LogP contribution in [-0.4, -0.2) is 37.2 Å². The third-order valence-electron chi connectivity index (χ3n) is 10.5. The molecular formula is C65H96O6. The van der Waals surface area contributed by atoms with Crippen molar-refractivity contribution < 1.29 is 28.6 Å². The summed E-state index contributed by atoms with van der Waals surface area (Å²) in [6, 6.07) is 0. The minimum absolute atomic E-state index is 0.138. The SMILES string of the molecule is CC\C=C/C=C\C=C/C=C\CCCCCCCC(=O)OCC(COC(=O)CC/C=C\C/C=C\C/C=C\C/C=C\C/C=C\C/C=C\CC)OC(=O)CCCCC/C=C\C/C=C\C/C=C\C/C=C\C/C=C\CC. The molecule has 6 nitrogen and oxygen atoms in total. The molecule has 0 heterocycles. The average molecular weight is 973 g/mol. The number of rotatable bonds is 46. The molecule has 0 aliphatic carbocycles. The van der Waals surface area contributed by atoms with Gasteiger partial charge in [-0.05, 0) is 122 Å². The van der Waals surface area contributed by atoms with Gasteiger partial charge in [-0.25, -0.2) is 0 Å². The maximum absolute atomic E-state index is 12.8. The van der Waals surface area contributed by atoms with Crippen LogP contribution in [0.3, 0.4) is 0 Å². The van der Waals surface area contributed by atoms with Gasteiger partial charge in [0.25, 0.3) is 0 Å². The lowest BCUT2D eigenvalue weighted by Crippen LogP contribution is -2.30. The van der Waals surface area contributed by atoms with Crippen molar-refractivity contribution in [2.24, 2.45) is 0 Å². The Morgan fingerprint density at radius 3 is 1.06 bits per heavy atom. The fraction of sp³-hybridized carbons (Fsp3) is 0.492. The first-order valence-corrected chi connectivity index (χ1v) is 27.3. The number of allylic oxidation sites excluding steroid dienone is 30. The van der Waals surface area contributed by atoms with Crippen molar-refractivity contribution in [1.82, 2.24) is 0 Å². The van der Waals surface area contributed by atoms with E-state index in [4.69, 9.17) is 14.2 Å². The van der Waals surface area contributed by atoms with Gasteiger partial charge in [-0.1, -0.05) is 229 Å². The maximum atomic E-state index is 12.8. The van der Waals surface area contributed by atoms with E-state index in [1.165, 1.54) is 0 Å². The van der Waals surface area contributed by atoms with E-state index in [2.05, 4.69) is 167 Å². The molecule has 392 valence electrons. The van der Waals surface area contributed by atoms with Gasteiger partial charge < -0.3 is 14.2 Å². The number of ether oxygens (including phenoxy) is 3. The predicted molar refractivity (Wildman–Crippen MR) is 306 cm³/mol. The van der Waals surface area contributed by atoms with Crippen LogP contribution < -0.4 is 0 Å². The molecule has 0 N–H and O–H groups in total. The molecule has 0 saturated heterocycles. The van der Waals surface area contributed by atoms with Crippen LogP contribution in [0, 0.1) is 0 Å². The molecule has 6 heteroatoms. The zero-order chi connectivity index (χ0) is 51.4. The lowest BCUT2D eigenvalue weighted by molar-refractivity contribution is -0.166. The Hall–Kier alpha value is -5.49. The van der Waals surface area contributed by atoms with E-state index in [9.17, 15) is 14.4 Å². The van der Waals surface area contributed by atoms with Crippen LogP contribution in [0.25, 0.3) is 0 Å². The van der Waals surface area contributed by atoms with Gasteiger partial charge in [0.1, 0.15) is 13.2 Å². The molecule has 0 amide bonds. The molecule has 71 heavy (non-hydrogen) atoms. The van der Waals surface area contributed by atoms with Gasteiger partial charge in [-0.2, -0.15) is 0 Å². The average Bonchev–Trinajstić information content (AvgIpc) is 3.37. The second-order valence-corrected chi connectivity index (χ2v) is 17.1. The number of unbranched alkanes of at least 4 members (excludes halogenated alkanes) is 8. The van der Waals surface area contributed by atoms with Crippen LogP contribution >= 0.6 is 0 Å². The topological polar surface area (TPSA) is 78.9 Å². The standard InChI is InChI=1S/C65H96O6/c1-4-7-10-13-16-19-22-25-28-30-32-34-37-40-43-46-49-52-55-58-64(67)70-61-62(60-69-63(66)57-54-51-48-45-42-39-36-27-24-21-18-15-12-9-6-3)71-65(68)59-56-53-50-47-44-41-38-35-33-31-29-26-23-20-17-14-11-8-5-2/h7-12,15-21,24-29,32-36,40-41,43-44,49,52,62H,4-6,13-14,22-23,30-31,37-39,42,45-48,50-51,53-61H2,1-3H3/b10-7-,11-8-,12-9-,18-15-,19-16-,20-17-,24-21-,28-25-,29-26-,34-32-,35-33-,36-27-,43-40-,44-41-,52-49-. The first kappa shape index (κ1) is 65.5. The minimum atomic E-state index is -0.848. The highest BCUT2D eigenvalue weighted by Crippen LogP contribution is 2.11. The Morgan fingerprint density at radius 2 is 0.606 bits per heavy atom. The highest BCUT2D eigenvalue weighted by atomic mass is 16.6. The number of esters is 3. The molecule has 0 aromatic rings. The third kappa shape index (κ3) is 55.3. The minimum Gasteiger partial charge on any atom is -0.462 e. The lowest BCUT2D eigenvalue weighted by atomic mass is 10.1. The first-order chi connectivity index (χ1) is 35.0. The van der Waals surface area contributed by atoms with Gasteiger partial charge in [0.15, 0.2) is 6.10 Å². The summed E-state index contributed by atoms with van der Waals surface area (Å²) in [4.78, 5) is 38.1. The van der Waals surface area contributed by atoms with Gasteiger partial charge in [-0.15, -0.1) is 0 Å². The smallest absolute Gasteiger partial charge is 0.306 e. The van der Waals surface area contributed by atoms with E-state index < -0.39 is 6.10 Å². The van der Waals surface area contributed by atoms with E-state index >= 15 is 0 Å². The summed E-state index contributed by atoms with van der Waals surface area (Å²) in [5.41, 5.74) is 0. The van der Waals surface area contributed by atoms with Gasteiger partial charge >= 0.3 is 17.9 Å². The molecule has 0 aliphatic heterocycles. The molecule has 0 spiro atoms. The van der Waals surface area contributed by atoms with Crippen molar-refractivity contribution in [3.05, 3.63) is 182 Å². The summed E-state index contributed by atoms with van der Waals surface area (Å²) in [6.45, 7) is 6.13. The van der Waals surface area contributed by atoms with Crippen molar-refractivity contribution in [3.8, 4) is 0 Å². The monoisotopic (exact) mass is 973 g/mol. The number of carbonyl (C=O) groups is 3. The second-order valence-electron chi connectivity index (χ2n) is 17.1. The van der Waals surface area contributed by atoms with Crippen LogP contribution in [0.15, 0.2) is 182 Å². The first-order valence-electron chi connectivity index (χ1n) is 27.3. The number of carbonyl (C=O) groups excluding carboxylic acids is 3. The lowest BCUT2D eigenvalue weighted by Gasteiger charge is -2.18. The Kier molecular flexibility index (Phi) is 52.7. The van der Waals surface area contributed by atoms with Gasteiger partial charge in [0.2, 0.25) is 0 Å². The molecular weight excluding hydrogens is 877 g/mol. The highest BCUT2D eigenvalue weighted by molar-refractivity contribution is 5.71. The third-order valence-corrected chi connectivity index (χ3v) is 10.5. The predicted octanol–water partition coefficient (Wildman–Crippen LogP) is 18.5. The Labute approximate surface area is 434 Å². The fourth-order valence-electron chi connectivity index (χ4n) is 6.50. The Bertz CT molecular complexity index is 1730. The molecule has 1 atom stereocenters. The zero-order valence-electron chi connectivity index (χ0n) is 44.6. The normalized spacial score (nSPS) is 13.6. The van der Waals surface area contributed by atoms with Crippen molar-refractivity contribution in [2.45, 2.75) is 194 Å². The molecule has 0 saturated carbocycles. The Balaban J connectivity index is 4.65. The van der Waals surface area contributed by atoms with E-state index in [1.54, 1.807) is 0 Å². The van der Waals surface area contributed by atoms with Crippen molar-refractivity contribution >= 4 is 17.9 Å². The molecule has 0 radical (unpaired) electrons. The van der Waals surface area contributed by atoms with Crippen molar-refractivity contribution in [3.63, 3.8) is 0 Å². The van der Waals surface area contributed by atoms with Gasteiger partial charge in [0, 0.05) is 19.3 Å². The number of hydrogen-bond donors (Lipinski definition) is 0. The van der Waals surface area contributed by atoms with Crippen LogP contribution in [-0.2, 0) is 28.6 Å². The summed E-state index contributed by atoms with van der Waals surface area (Å²) in [5, 5.41) is 0. The molecule has 0 aliphatic rings. The highest BCUT2D eigenvalue weighted by Gasteiger charge is 2.19. The zero-order valence-corrected chi connectivity index (χ0v) is 44.6.